The maximum Gasteiger partial charge on any atom is 0.328 e. The summed E-state index contributed by atoms with van der Waals surface area (Å²) in [6, 6.07) is 6.65. The van der Waals surface area contributed by atoms with Crippen molar-refractivity contribution in [2.75, 3.05) is 5.43 Å². The number of carboxylic acid groups (broad SMARTS) is 1. The van der Waals surface area contributed by atoms with Gasteiger partial charge in [0.05, 0.1) is 5.69 Å². The van der Waals surface area contributed by atoms with Crippen molar-refractivity contribution in [1.29, 1.82) is 0 Å². The van der Waals surface area contributed by atoms with Crippen LogP contribution in [-0.2, 0) is 9.59 Å². The van der Waals surface area contributed by atoms with Gasteiger partial charge < -0.3 is 5.11 Å². The zero-order valence-electron chi connectivity index (χ0n) is 8.11. The molecule has 3 N–H and O–H groups in total. The molecule has 0 radical (unpaired) electrons. The van der Waals surface area contributed by atoms with Crippen LogP contribution in [0.5, 0.6) is 0 Å². The van der Waals surface area contributed by atoms with Gasteiger partial charge in [-0.05, 0) is 24.3 Å². The molecule has 0 saturated carbocycles. The Kier molecular flexibility index (Phi) is 4.35. The number of hydrogen-bond donors (Lipinski definition) is 3. The van der Waals surface area contributed by atoms with Crippen molar-refractivity contribution < 1.29 is 14.7 Å². The van der Waals surface area contributed by atoms with Crippen LogP contribution in [0, 0.1) is 0 Å². The average molecular weight is 241 g/mol. The van der Waals surface area contributed by atoms with Gasteiger partial charge in [-0.1, -0.05) is 11.6 Å². The third-order valence-corrected chi connectivity index (χ3v) is 1.80. The first-order chi connectivity index (χ1) is 7.58. The quantitative estimate of drug-likeness (QED) is 0.549. The fourth-order valence-corrected chi connectivity index (χ4v) is 0.982. The SMILES string of the molecule is O=C(O)C=CC(=O)NNc1ccc(Cl)cc1. The summed E-state index contributed by atoms with van der Waals surface area (Å²) in [6.07, 6.45) is 1.66. The molecule has 0 aliphatic rings. The number of nitrogens with one attached hydrogen (secondary N) is 2. The van der Waals surface area contributed by atoms with Crippen molar-refractivity contribution in [3.05, 3.63) is 41.4 Å². The van der Waals surface area contributed by atoms with Crippen molar-refractivity contribution in [3.8, 4) is 0 Å². The van der Waals surface area contributed by atoms with Gasteiger partial charge in [-0.15, -0.1) is 0 Å². The van der Waals surface area contributed by atoms with Gasteiger partial charge in [-0.2, -0.15) is 0 Å². The van der Waals surface area contributed by atoms with E-state index < -0.39 is 11.9 Å². The smallest absolute Gasteiger partial charge is 0.328 e. The number of carbonyl (C=O) groups is 2. The first-order valence-corrected chi connectivity index (χ1v) is 4.68. The van der Waals surface area contributed by atoms with Gasteiger partial charge in [-0.25, -0.2) is 4.79 Å². The highest BCUT2D eigenvalue weighted by atomic mass is 35.5. The van der Waals surface area contributed by atoms with E-state index in [9.17, 15) is 9.59 Å². The lowest BCUT2D eigenvalue weighted by atomic mass is 10.3. The van der Waals surface area contributed by atoms with E-state index >= 15 is 0 Å². The second kappa shape index (κ2) is 5.77. The van der Waals surface area contributed by atoms with Crippen LogP contribution in [0.25, 0.3) is 0 Å². The Balaban J connectivity index is 2.43. The highest BCUT2D eigenvalue weighted by Crippen LogP contribution is 2.12. The molecule has 0 aliphatic carbocycles. The van der Waals surface area contributed by atoms with Crippen LogP contribution in [0.3, 0.4) is 0 Å². The summed E-state index contributed by atoms with van der Waals surface area (Å²) in [7, 11) is 0. The molecule has 0 unspecified atom stereocenters. The fraction of sp³-hybridized carbons (Fsp3) is 0. The number of benzene rings is 1. The van der Waals surface area contributed by atoms with E-state index in [1.165, 1.54) is 0 Å². The molecule has 0 bridgehead atoms. The lowest BCUT2D eigenvalue weighted by molar-refractivity contribution is -0.131. The molecule has 0 aliphatic heterocycles. The molecule has 1 rings (SSSR count). The number of carbonyl (C=O) groups excluding carboxylic acids is 1. The maximum atomic E-state index is 11.0. The first kappa shape index (κ1) is 12.1. The Hall–Kier alpha value is -2.01. The predicted octanol–water partition coefficient (Wildman–Crippen LogP) is 1.42. The van der Waals surface area contributed by atoms with Crippen LogP contribution in [0.2, 0.25) is 5.02 Å². The minimum Gasteiger partial charge on any atom is -0.478 e. The number of amides is 1. The predicted molar refractivity (Wildman–Crippen MR) is 60.0 cm³/mol. The van der Waals surface area contributed by atoms with Crippen molar-refractivity contribution in [1.82, 2.24) is 5.43 Å². The number of carboxylic acids is 1. The molecule has 0 atom stereocenters. The summed E-state index contributed by atoms with van der Waals surface area (Å²) in [4.78, 5) is 21.2. The lowest BCUT2D eigenvalue weighted by Crippen LogP contribution is -2.27. The molecule has 0 aromatic heterocycles. The van der Waals surface area contributed by atoms with Gasteiger partial charge in [0, 0.05) is 17.2 Å². The number of aliphatic carboxylic acids is 1. The van der Waals surface area contributed by atoms with Gasteiger partial charge >= 0.3 is 5.97 Å². The molecule has 0 heterocycles. The van der Waals surface area contributed by atoms with E-state index in [1.54, 1.807) is 24.3 Å². The van der Waals surface area contributed by atoms with Crippen LogP contribution in [-0.4, -0.2) is 17.0 Å². The van der Waals surface area contributed by atoms with Crippen molar-refractivity contribution >= 4 is 29.2 Å². The summed E-state index contributed by atoms with van der Waals surface area (Å²) in [6.45, 7) is 0. The van der Waals surface area contributed by atoms with Gasteiger partial charge in [0.1, 0.15) is 0 Å². The monoisotopic (exact) mass is 240 g/mol. The van der Waals surface area contributed by atoms with Crippen LogP contribution in [0.1, 0.15) is 0 Å². The molecule has 5 nitrogen and oxygen atoms in total. The summed E-state index contributed by atoms with van der Waals surface area (Å²) in [5, 5.41) is 8.86. The Morgan fingerprint density at radius 1 is 1.19 bits per heavy atom. The Morgan fingerprint density at radius 3 is 2.38 bits per heavy atom. The second-order valence-electron chi connectivity index (χ2n) is 2.79. The number of anilines is 1. The average Bonchev–Trinajstić information content (AvgIpc) is 2.25. The fourth-order valence-electron chi connectivity index (χ4n) is 0.856. The first-order valence-electron chi connectivity index (χ1n) is 4.30. The normalized spacial score (nSPS) is 10.1. The Labute approximate surface area is 96.7 Å². The van der Waals surface area contributed by atoms with Gasteiger partial charge in [0.15, 0.2) is 0 Å². The topological polar surface area (TPSA) is 78.4 Å². The third-order valence-electron chi connectivity index (χ3n) is 1.55. The maximum absolute atomic E-state index is 11.0. The minimum absolute atomic E-state index is 0.558. The Morgan fingerprint density at radius 2 is 1.81 bits per heavy atom. The molecule has 1 amide bonds. The second-order valence-corrected chi connectivity index (χ2v) is 3.23. The van der Waals surface area contributed by atoms with Gasteiger partial charge in [0.25, 0.3) is 5.91 Å². The van der Waals surface area contributed by atoms with E-state index in [0.29, 0.717) is 10.7 Å². The summed E-state index contributed by atoms with van der Waals surface area (Å²) in [5.41, 5.74) is 5.52. The van der Waals surface area contributed by atoms with Gasteiger partial charge in [0.2, 0.25) is 0 Å². The molecule has 16 heavy (non-hydrogen) atoms. The molecular weight excluding hydrogens is 232 g/mol. The molecule has 1 aromatic carbocycles. The van der Waals surface area contributed by atoms with Gasteiger partial charge in [-0.3, -0.25) is 15.6 Å². The summed E-state index contributed by atoms with van der Waals surface area (Å²) in [5.74, 6) is -1.74. The summed E-state index contributed by atoms with van der Waals surface area (Å²) < 4.78 is 0. The van der Waals surface area contributed by atoms with E-state index in [0.717, 1.165) is 12.2 Å². The van der Waals surface area contributed by atoms with E-state index in [-0.39, 0.29) is 0 Å². The van der Waals surface area contributed by atoms with Crippen LogP contribution in [0.15, 0.2) is 36.4 Å². The van der Waals surface area contributed by atoms with E-state index in [4.69, 9.17) is 16.7 Å². The number of halogens is 1. The number of hydrogen-bond acceptors (Lipinski definition) is 3. The number of rotatable bonds is 4. The zero-order chi connectivity index (χ0) is 12.0. The molecule has 0 spiro atoms. The van der Waals surface area contributed by atoms with Crippen LogP contribution in [0.4, 0.5) is 5.69 Å². The van der Waals surface area contributed by atoms with Crippen LogP contribution < -0.4 is 10.9 Å². The molecule has 0 saturated heterocycles. The molecular formula is C10H9ClN2O3. The van der Waals surface area contributed by atoms with E-state index in [2.05, 4.69) is 10.9 Å². The number of hydrazine groups is 1. The highest BCUT2D eigenvalue weighted by molar-refractivity contribution is 6.30. The zero-order valence-corrected chi connectivity index (χ0v) is 8.86. The van der Waals surface area contributed by atoms with Crippen molar-refractivity contribution in [3.63, 3.8) is 0 Å². The van der Waals surface area contributed by atoms with Crippen molar-refractivity contribution in [2.24, 2.45) is 0 Å². The largest absolute Gasteiger partial charge is 0.478 e. The molecule has 0 fully saturated rings. The van der Waals surface area contributed by atoms with Crippen LogP contribution >= 0.6 is 11.6 Å². The lowest BCUT2D eigenvalue weighted by Gasteiger charge is -2.05. The molecule has 84 valence electrons. The standard InChI is InChI=1S/C10H9ClN2O3/c11-7-1-3-8(4-2-7)12-13-9(14)5-6-10(15)16/h1-6,12H,(H,13,14)(H,15,16). The van der Waals surface area contributed by atoms with E-state index in [1.807, 2.05) is 0 Å². The molecule has 6 heteroatoms. The minimum atomic E-state index is -1.18. The van der Waals surface area contributed by atoms with Crippen molar-refractivity contribution in [2.45, 2.75) is 0 Å². The summed E-state index contributed by atoms with van der Waals surface area (Å²) >= 11 is 5.67. The third kappa shape index (κ3) is 4.47. The highest BCUT2D eigenvalue weighted by Gasteiger charge is 1.96. The Bertz CT molecular complexity index is 415. The molecule has 1 aromatic rings.